The number of rotatable bonds is 11. The maximum atomic E-state index is 13.9. The highest BCUT2D eigenvalue weighted by atomic mass is 79.9. The lowest BCUT2D eigenvalue weighted by molar-refractivity contribution is -0.140. The molecular weight excluding hydrogens is 622 g/mol. The van der Waals surface area contributed by atoms with E-state index in [1.807, 2.05) is 61.5 Å². The van der Waals surface area contributed by atoms with Crippen LogP contribution in [0, 0.1) is 0 Å². The fourth-order valence-corrected chi connectivity index (χ4v) is 5.85. The molecule has 0 saturated heterocycles. The maximum absolute atomic E-state index is 13.9. The number of halogens is 2. The summed E-state index contributed by atoms with van der Waals surface area (Å²) in [7, 11) is -3.82. The molecule has 10 heteroatoms. The monoisotopic (exact) mass is 649 g/mol. The fourth-order valence-electron chi connectivity index (χ4n) is 3.93. The fraction of sp³-hybridized carbons (Fsp3) is 0.259. The van der Waals surface area contributed by atoms with Crippen molar-refractivity contribution in [3.8, 4) is 0 Å². The first-order valence-corrected chi connectivity index (χ1v) is 15.1. The first-order chi connectivity index (χ1) is 17.6. The molecule has 0 aliphatic rings. The van der Waals surface area contributed by atoms with E-state index in [-0.39, 0.29) is 18.9 Å². The number of nitrogens with one attached hydrogen (secondary N) is 1. The van der Waals surface area contributed by atoms with Crippen molar-refractivity contribution in [3.05, 3.63) is 98.9 Å². The number of para-hydroxylation sites is 1. The standard InChI is InChI=1S/C27H29Br2N3O4S/c1-3-30-27(34)25(17-20-10-5-4-6-11-20)31(18-21-12-9-13-22(28)16-21)26(33)19-32(37(2,35)36)24-15-8-7-14-23(24)29/h4-16,25H,3,17-19H2,1-2H3,(H,30,34)/t25-/m1/s1. The SMILES string of the molecule is CCNC(=O)[C@@H](Cc1ccccc1)N(Cc1cccc(Br)c1)C(=O)CN(c1ccccc1Br)S(C)(=O)=O. The van der Waals surface area contributed by atoms with Crippen molar-refractivity contribution in [3.63, 3.8) is 0 Å². The number of anilines is 1. The lowest BCUT2D eigenvalue weighted by atomic mass is 10.0. The normalized spacial score (nSPS) is 12.0. The summed E-state index contributed by atoms with van der Waals surface area (Å²) in [6.45, 7) is 1.88. The van der Waals surface area contributed by atoms with Crippen LogP contribution in [0.2, 0.25) is 0 Å². The van der Waals surface area contributed by atoms with Gasteiger partial charge in [0.15, 0.2) is 0 Å². The van der Waals surface area contributed by atoms with Crippen molar-refractivity contribution in [2.75, 3.05) is 23.7 Å². The molecule has 37 heavy (non-hydrogen) atoms. The molecule has 0 unspecified atom stereocenters. The molecule has 196 valence electrons. The number of benzene rings is 3. The molecular formula is C27H29Br2N3O4S. The van der Waals surface area contributed by atoms with Crippen LogP contribution in [0.4, 0.5) is 5.69 Å². The molecule has 0 aliphatic heterocycles. The molecule has 3 rings (SSSR count). The second-order valence-corrected chi connectivity index (χ2v) is 12.1. The predicted octanol–water partition coefficient (Wildman–Crippen LogP) is 4.75. The average Bonchev–Trinajstić information content (AvgIpc) is 2.85. The molecule has 0 bridgehead atoms. The number of amides is 2. The summed E-state index contributed by atoms with van der Waals surface area (Å²) in [5.41, 5.74) is 2.03. The molecule has 0 radical (unpaired) electrons. The van der Waals surface area contributed by atoms with Gasteiger partial charge in [0, 0.05) is 28.5 Å². The van der Waals surface area contributed by atoms with Gasteiger partial charge in [0.05, 0.1) is 11.9 Å². The van der Waals surface area contributed by atoms with Crippen molar-refractivity contribution in [1.29, 1.82) is 0 Å². The first-order valence-electron chi connectivity index (χ1n) is 11.7. The third kappa shape index (κ3) is 8.15. The summed E-state index contributed by atoms with van der Waals surface area (Å²) in [6, 6.07) is 22.9. The first kappa shape index (κ1) is 28.9. The minimum Gasteiger partial charge on any atom is -0.355 e. The molecule has 2 amide bonds. The van der Waals surface area contributed by atoms with Crippen LogP contribution in [-0.2, 0) is 32.6 Å². The Labute approximate surface area is 235 Å². The van der Waals surface area contributed by atoms with Gasteiger partial charge in [0.1, 0.15) is 12.6 Å². The molecule has 1 atom stereocenters. The van der Waals surface area contributed by atoms with Crippen molar-refractivity contribution in [2.45, 2.75) is 25.9 Å². The van der Waals surface area contributed by atoms with Gasteiger partial charge in [0.25, 0.3) is 0 Å². The van der Waals surface area contributed by atoms with Gasteiger partial charge in [-0.25, -0.2) is 8.42 Å². The Hall–Kier alpha value is -2.69. The lowest BCUT2D eigenvalue weighted by Gasteiger charge is -2.33. The van der Waals surface area contributed by atoms with E-state index in [0.717, 1.165) is 26.2 Å². The van der Waals surface area contributed by atoms with Gasteiger partial charge in [-0.05, 0) is 58.2 Å². The van der Waals surface area contributed by atoms with Gasteiger partial charge in [0.2, 0.25) is 21.8 Å². The molecule has 3 aromatic rings. The van der Waals surface area contributed by atoms with E-state index in [9.17, 15) is 18.0 Å². The summed E-state index contributed by atoms with van der Waals surface area (Å²) < 4.78 is 28.0. The molecule has 0 heterocycles. The smallest absolute Gasteiger partial charge is 0.244 e. The summed E-state index contributed by atoms with van der Waals surface area (Å²) in [4.78, 5) is 28.7. The summed E-state index contributed by atoms with van der Waals surface area (Å²) in [6.07, 6.45) is 1.34. The van der Waals surface area contributed by atoms with Crippen molar-refractivity contribution >= 4 is 59.4 Å². The van der Waals surface area contributed by atoms with E-state index >= 15 is 0 Å². The van der Waals surface area contributed by atoms with Gasteiger partial charge in [-0.2, -0.15) is 0 Å². The molecule has 0 fully saturated rings. The molecule has 0 aliphatic carbocycles. The Morgan fingerprint density at radius 1 is 0.919 bits per heavy atom. The molecule has 0 saturated carbocycles. The quantitative estimate of drug-likeness (QED) is 0.325. The zero-order valence-corrected chi connectivity index (χ0v) is 24.6. The molecule has 0 aromatic heterocycles. The number of hydrogen-bond acceptors (Lipinski definition) is 4. The Morgan fingerprint density at radius 3 is 2.19 bits per heavy atom. The summed E-state index contributed by atoms with van der Waals surface area (Å²) in [5, 5.41) is 2.84. The minimum atomic E-state index is -3.82. The second-order valence-electron chi connectivity index (χ2n) is 8.47. The van der Waals surface area contributed by atoms with Crippen LogP contribution in [0.15, 0.2) is 87.8 Å². The molecule has 1 N–H and O–H groups in total. The van der Waals surface area contributed by atoms with Gasteiger partial charge < -0.3 is 10.2 Å². The molecule has 7 nitrogen and oxygen atoms in total. The predicted molar refractivity (Wildman–Crippen MR) is 154 cm³/mol. The molecule has 0 spiro atoms. The van der Waals surface area contributed by atoms with Crippen molar-refractivity contribution in [1.82, 2.24) is 10.2 Å². The number of hydrogen-bond donors (Lipinski definition) is 1. The third-order valence-corrected chi connectivity index (χ3v) is 7.95. The Bertz CT molecular complexity index is 1340. The number of sulfonamides is 1. The van der Waals surface area contributed by atoms with E-state index in [4.69, 9.17) is 0 Å². The van der Waals surface area contributed by atoms with Crippen molar-refractivity contribution < 1.29 is 18.0 Å². The van der Waals surface area contributed by atoms with Gasteiger partial charge in [-0.15, -0.1) is 0 Å². The topological polar surface area (TPSA) is 86.8 Å². The van der Waals surface area contributed by atoms with E-state index < -0.39 is 28.5 Å². The van der Waals surface area contributed by atoms with Gasteiger partial charge in [-0.3, -0.25) is 13.9 Å². The van der Waals surface area contributed by atoms with E-state index in [1.165, 1.54) is 4.90 Å². The summed E-state index contributed by atoms with van der Waals surface area (Å²) >= 11 is 6.86. The highest BCUT2D eigenvalue weighted by Crippen LogP contribution is 2.28. The van der Waals surface area contributed by atoms with Crippen LogP contribution >= 0.6 is 31.9 Å². The van der Waals surface area contributed by atoms with Gasteiger partial charge >= 0.3 is 0 Å². The largest absolute Gasteiger partial charge is 0.355 e. The number of carbonyl (C=O) groups is 2. The van der Waals surface area contributed by atoms with Crippen LogP contribution in [0.5, 0.6) is 0 Å². The Morgan fingerprint density at radius 2 is 1.57 bits per heavy atom. The van der Waals surface area contributed by atoms with E-state index in [1.54, 1.807) is 24.3 Å². The van der Waals surface area contributed by atoms with Crippen LogP contribution in [-0.4, -0.2) is 50.5 Å². The number of likely N-dealkylation sites (N-methyl/N-ethyl adjacent to an activating group) is 1. The zero-order valence-electron chi connectivity index (χ0n) is 20.6. The molecule has 3 aromatic carbocycles. The highest BCUT2D eigenvalue weighted by Gasteiger charge is 2.33. The van der Waals surface area contributed by atoms with E-state index in [0.29, 0.717) is 16.7 Å². The van der Waals surface area contributed by atoms with E-state index in [2.05, 4.69) is 37.2 Å². The minimum absolute atomic E-state index is 0.125. The third-order valence-electron chi connectivity index (χ3n) is 5.66. The highest BCUT2D eigenvalue weighted by molar-refractivity contribution is 9.10. The Balaban J connectivity index is 2.05. The average molecular weight is 651 g/mol. The Kier molecular flexibility index (Phi) is 10.3. The van der Waals surface area contributed by atoms with Crippen molar-refractivity contribution in [2.24, 2.45) is 0 Å². The summed E-state index contributed by atoms with van der Waals surface area (Å²) in [5.74, 6) is -0.796. The van der Waals surface area contributed by atoms with Crippen LogP contribution in [0.25, 0.3) is 0 Å². The second kappa shape index (κ2) is 13.2. The zero-order chi connectivity index (χ0) is 27.0. The lowest BCUT2D eigenvalue weighted by Crippen LogP contribution is -2.53. The van der Waals surface area contributed by atoms with Crippen LogP contribution < -0.4 is 9.62 Å². The number of nitrogens with zero attached hydrogens (tertiary/aromatic N) is 2. The maximum Gasteiger partial charge on any atom is 0.244 e. The number of carbonyl (C=O) groups excluding carboxylic acids is 2. The van der Waals surface area contributed by atoms with Gasteiger partial charge in [-0.1, -0.05) is 70.5 Å². The van der Waals surface area contributed by atoms with Crippen LogP contribution in [0.3, 0.4) is 0 Å². The van der Waals surface area contributed by atoms with Crippen LogP contribution in [0.1, 0.15) is 18.1 Å².